The van der Waals surface area contributed by atoms with Crippen molar-refractivity contribution < 1.29 is 13.9 Å². The monoisotopic (exact) mass is 325 g/mol. The molecule has 1 aliphatic carbocycles. The Morgan fingerprint density at radius 3 is 2.40 bits per heavy atom. The maximum Gasteiger partial charge on any atom is 0.149 e. The normalized spacial score (nSPS) is 19.2. The highest BCUT2D eigenvalue weighted by Crippen LogP contribution is 2.34. The molecule has 0 heterocycles. The van der Waals surface area contributed by atoms with Gasteiger partial charge in [-0.2, -0.15) is 0 Å². The first-order valence-corrected chi connectivity index (χ1v) is 6.97. The molecule has 2 nitrogen and oxygen atoms in total. The van der Waals surface area contributed by atoms with Gasteiger partial charge in [0.05, 0.1) is 17.2 Å². The molecule has 0 saturated heterocycles. The molecule has 1 aromatic rings. The second-order valence-electron chi connectivity index (χ2n) is 5.17. The van der Waals surface area contributed by atoms with Crippen LogP contribution in [0.5, 0.6) is 0 Å². The van der Waals surface area contributed by atoms with Gasteiger partial charge in [0.25, 0.3) is 0 Å². The van der Waals surface area contributed by atoms with Crippen molar-refractivity contribution in [3.63, 3.8) is 0 Å². The Bertz CT molecular complexity index is 453. The first-order chi connectivity index (χ1) is 9.02. The number of hydrogen-bond acceptors (Lipinski definition) is 2. The lowest BCUT2D eigenvalue weighted by molar-refractivity contribution is 0.0597. The van der Waals surface area contributed by atoms with Crippen LogP contribution in [0, 0.1) is 17.6 Å². The molecule has 3 N–H and O–H groups in total. The number of aliphatic hydroxyl groups is 1. The Morgan fingerprint density at radius 2 is 1.80 bits per heavy atom. The van der Waals surface area contributed by atoms with Gasteiger partial charge in [0.2, 0.25) is 0 Å². The van der Waals surface area contributed by atoms with Crippen LogP contribution in [-0.2, 0) is 0 Å². The Balaban J connectivity index is 0.00000200. The van der Waals surface area contributed by atoms with Crippen LogP contribution in [0.15, 0.2) is 12.1 Å². The average Bonchev–Trinajstić information content (AvgIpc) is 2.43. The fourth-order valence-corrected chi connectivity index (χ4v) is 2.95. The van der Waals surface area contributed by atoms with Gasteiger partial charge in [-0.1, -0.05) is 30.9 Å². The van der Waals surface area contributed by atoms with Crippen molar-refractivity contribution in [1.29, 1.82) is 0 Å². The van der Waals surface area contributed by atoms with Crippen LogP contribution in [-0.4, -0.2) is 11.2 Å². The van der Waals surface area contributed by atoms with Gasteiger partial charge >= 0.3 is 0 Å². The lowest BCUT2D eigenvalue weighted by Crippen LogP contribution is -2.35. The van der Waals surface area contributed by atoms with E-state index in [1.165, 1.54) is 0 Å². The topological polar surface area (TPSA) is 46.2 Å². The number of benzene rings is 1. The molecule has 1 aliphatic rings. The average molecular weight is 326 g/mol. The number of aliphatic hydroxyl groups excluding tert-OH is 1. The van der Waals surface area contributed by atoms with Crippen LogP contribution in [0.2, 0.25) is 5.02 Å². The predicted molar refractivity (Wildman–Crippen MR) is 78.1 cm³/mol. The zero-order valence-electron chi connectivity index (χ0n) is 11.0. The van der Waals surface area contributed by atoms with E-state index in [0.717, 1.165) is 44.2 Å². The highest BCUT2D eigenvalue weighted by atomic mass is 35.5. The van der Waals surface area contributed by atoms with Crippen molar-refractivity contribution in [2.45, 2.75) is 44.2 Å². The molecule has 6 heteroatoms. The molecule has 0 unspecified atom stereocenters. The van der Waals surface area contributed by atoms with Crippen LogP contribution in [0.3, 0.4) is 0 Å². The van der Waals surface area contributed by atoms with E-state index in [9.17, 15) is 13.9 Å². The standard InChI is InChI=1S/C14H18ClF2NO.ClH/c15-9-6-7-10(16)11(12(9)17)13(18)14(19)8-4-2-1-3-5-8;/h6-8,13-14,19H,1-5,18H2;1H/t13-,14+;/m0./s1. The van der Waals surface area contributed by atoms with Crippen LogP contribution in [0.25, 0.3) is 0 Å². The third-order valence-corrected chi connectivity index (χ3v) is 4.21. The first kappa shape index (κ1) is 17.6. The molecule has 0 aromatic heterocycles. The predicted octanol–water partition coefficient (Wildman–Crippen LogP) is 3.98. The number of rotatable bonds is 3. The van der Waals surface area contributed by atoms with Crippen molar-refractivity contribution in [2.75, 3.05) is 0 Å². The Morgan fingerprint density at radius 1 is 1.20 bits per heavy atom. The van der Waals surface area contributed by atoms with E-state index in [4.69, 9.17) is 17.3 Å². The Hall–Kier alpha value is -0.420. The minimum atomic E-state index is -1.08. The summed E-state index contributed by atoms with van der Waals surface area (Å²) in [5.74, 6) is -1.63. The summed E-state index contributed by atoms with van der Waals surface area (Å²) in [7, 11) is 0. The van der Waals surface area contributed by atoms with Gasteiger partial charge in [-0.15, -0.1) is 12.4 Å². The van der Waals surface area contributed by atoms with Gasteiger partial charge in [0, 0.05) is 5.56 Å². The summed E-state index contributed by atoms with van der Waals surface area (Å²) < 4.78 is 27.6. The summed E-state index contributed by atoms with van der Waals surface area (Å²) in [5, 5.41) is 10.1. The van der Waals surface area contributed by atoms with E-state index in [2.05, 4.69) is 0 Å². The first-order valence-electron chi connectivity index (χ1n) is 6.59. The van der Waals surface area contributed by atoms with Gasteiger partial charge in [-0.25, -0.2) is 8.78 Å². The van der Waals surface area contributed by atoms with Crippen molar-refractivity contribution >= 4 is 24.0 Å². The third-order valence-electron chi connectivity index (χ3n) is 3.91. The lowest BCUT2D eigenvalue weighted by Gasteiger charge is -2.30. The molecule has 0 bridgehead atoms. The number of hydrogen-bond donors (Lipinski definition) is 2. The second-order valence-corrected chi connectivity index (χ2v) is 5.58. The van der Waals surface area contributed by atoms with E-state index < -0.39 is 23.8 Å². The molecule has 1 saturated carbocycles. The molecule has 0 radical (unpaired) electrons. The molecule has 0 amide bonds. The fraction of sp³-hybridized carbons (Fsp3) is 0.571. The number of nitrogens with two attached hydrogens (primary N) is 1. The zero-order valence-corrected chi connectivity index (χ0v) is 12.6. The van der Waals surface area contributed by atoms with E-state index in [1.54, 1.807) is 0 Å². The highest BCUT2D eigenvalue weighted by molar-refractivity contribution is 6.30. The zero-order chi connectivity index (χ0) is 14.0. The molecule has 0 aliphatic heterocycles. The summed E-state index contributed by atoms with van der Waals surface area (Å²) in [6.45, 7) is 0. The van der Waals surface area contributed by atoms with Crippen LogP contribution in [0.1, 0.15) is 43.7 Å². The molecule has 2 atom stereocenters. The minimum Gasteiger partial charge on any atom is -0.391 e. The molecule has 1 fully saturated rings. The smallest absolute Gasteiger partial charge is 0.149 e. The van der Waals surface area contributed by atoms with Crippen molar-refractivity contribution in [3.05, 3.63) is 34.4 Å². The molecular weight excluding hydrogens is 307 g/mol. The summed E-state index contributed by atoms with van der Waals surface area (Å²) in [5.41, 5.74) is 5.54. The molecule has 20 heavy (non-hydrogen) atoms. The molecular formula is C14H19Cl2F2NO. The fourth-order valence-electron chi connectivity index (χ4n) is 2.79. The second kappa shape index (κ2) is 7.55. The third kappa shape index (κ3) is 3.61. The van der Waals surface area contributed by atoms with Crippen LogP contribution in [0.4, 0.5) is 8.78 Å². The van der Waals surface area contributed by atoms with Gasteiger partial charge in [0.15, 0.2) is 0 Å². The molecule has 114 valence electrons. The van der Waals surface area contributed by atoms with Crippen molar-refractivity contribution in [3.8, 4) is 0 Å². The van der Waals surface area contributed by atoms with E-state index in [0.29, 0.717) is 0 Å². The molecule has 0 spiro atoms. The quantitative estimate of drug-likeness (QED) is 0.825. The Kier molecular flexibility index (Phi) is 6.65. The molecule has 1 aromatic carbocycles. The summed E-state index contributed by atoms with van der Waals surface area (Å²) in [6.07, 6.45) is 3.93. The lowest BCUT2D eigenvalue weighted by atomic mass is 9.81. The van der Waals surface area contributed by atoms with Gasteiger partial charge < -0.3 is 10.8 Å². The highest BCUT2D eigenvalue weighted by Gasteiger charge is 2.31. The SMILES string of the molecule is Cl.N[C@@H](c1c(F)ccc(Cl)c1F)[C@H](O)C1CCCCC1. The number of halogens is 4. The summed E-state index contributed by atoms with van der Waals surface area (Å²) in [4.78, 5) is 0. The Labute approximate surface area is 128 Å². The maximum absolute atomic E-state index is 13.9. The van der Waals surface area contributed by atoms with E-state index in [-0.39, 0.29) is 28.9 Å². The summed E-state index contributed by atoms with van der Waals surface area (Å²) in [6, 6.07) is 1.14. The van der Waals surface area contributed by atoms with Crippen molar-refractivity contribution in [2.24, 2.45) is 11.7 Å². The van der Waals surface area contributed by atoms with Crippen LogP contribution < -0.4 is 5.73 Å². The minimum absolute atomic E-state index is 0. The molecule has 2 rings (SSSR count). The van der Waals surface area contributed by atoms with Gasteiger partial charge in [-0.05, 0) is 30.9 Å². The van der Waals surface area contributed by atoms with E-state index in [1.807, 2.05) is 0 Å². The van der Waals surface area contributed by atoms with E-state index >= 15 is 0 Å². The maximum atomic E-state index is 13.9. The van der Waals surface area contributed by atoms with Gasteiger partial charge in [-0.3, -0.25) is 0 Å². The van der Waals surface area contributed by atoms with Gasteiger partial charge in [0.1, 0.15) is 11.6 Å². The summed E-state index contributed by atoms with van der Waals surface area (Å²) >= 11 is 5.64. The van der Waals surface area contributed by atoms with Crippen molar-refractivity contribution in [1.82, 2.24) is 0 Å². The largest absolute Gasteiger partial charge is 0.391 e. The van der Waals surface area contributed by atoms with Crippen LogP contribution >= 0.6 is 24.0 Å².